The third-order valence-electron chi connectivity index (χ3n) is 9.49. The maximum Gasteiger partial charge on any atom is 0.164 e. The molecule has 0 fully saturated rings. The van der Waals surface area contributed by atoms with Crippen LogP contribution in [0.3, 0.4) is 0 Å². The number of hydrogen-bond donors (Lipinski definition) is 0. The van der Waals surface area contributed by atoms with E-state index in [1.807, 2.05) is 36.4 Å². The predicted octanol–water partition coefficient (Wildman–Crippen LogP) is 12.3. The fraction of sp³-hybridized carbons (Fsp3) is 0. The molecule has 0 aliphatic heterocycles. The van der Waals surface area contributed by atoms with Gasteiger partial charge in [-0.05, 0) is 46.2 Å². The van der Waals surface area contributed by atoms with Crippen LogP contribution >= 0.6 is 11.3 Å². The quantitative estimate of drug-likeness (QED) is 0.171. The summed E-state index contributed by atoms with van der Waals surface area (Å²) in [6.07, 6.45) is 0. The van der Waals surface area contributed by atoms with Crippen molar-refractivity contribution in [1.29, 1.82) is 0 Å². The molecule has 7 aromatic carbocycles. The molecule has 0 bridgehead atoms. The maximum atomic E-state index is 5.37. The summed E-state index contributed by atoms with van der Waals surface area (Å²) >= 11 is 1.80. The molecule has 3 aromatic heterocycles. The van der Waals surface area contributed by atoms with Gasteiger partial charge in [0.05, 0.1) is 15.9 Å². The minimum atomic E-state index is 0.618. The zero-order valence-electron chi connectivity index (χ0n) is 27.4. The summed E-state index contributed by atoms with van der Waals surface area (Å²) in [6.45, 7) is 0. The van der Waals surface area contributed by atoms with Crippen LogP contribution in [0.4, 0.5) is 0 Å². The van der Waals surface area contributed by atoms with E-state index >= 15 is 0 Å². The fourth-order valence-corrected chi connectivity index (χ4v) is 8.19. The van der Waals surface area contributed by atoms with Crippen LogP contribution in [0.5, 0.6) is 0 Å². The summed E-state index contributed by atoms with van der Waals surface area (Å²) in [6, 6.07) is 59.1. The Labute approximate surface area is 298 Å². The Morgan fingerprint density at radius 3 is 1.63 bits per heavy atom. The first kappa shape index (κ1) is 29.4. The van der Waals surface area contributed by atoms with Crippen LogP contribution in [0.2, 0.25) is 0 Å². The van der Waals surface area contributed by atoms with E-state index in [4.69, 9.17) is 19.9 Å². The van der Waals surface area contributed by atoms with Crippen molar-refractivity contribution in [2.45, 2.75) is 0 Å². The van der Waals surface area contributed by atoms with Crippen molar-refractivity contribution in [2.75, 3.05) is 0 Å². The highest BCUT2D eigenvalue weighted by molar-refractivity contribution is 7.26. The van der Waals surface area contributed by atoms with Gasteiger partial charge in [-0.25, -0.2) is 19.9 Å². The number of pyridine rings is 1. The number of aromatic nitrogens is 4. The van der Waals surface area contributed by atoms with E-state index in [1.54, 1.807) is 11.3 Å². The van der Waals surface area contributed by atoms with Crippen LogP contribution in [0.25, 0.3) is 98.4 Å². The van der Waals surface area contributed by atoms with Gasteiger partial charge in [-0.1, -0.05) is 146 Å². The third-order valence-corrected chi connectivity index (χ3v) is 10.7. The van der Waals surface area contributed by atoms with Crippen LogP contribution < -0.4 is 0 Å². The lowest BCUT2D eigenvalue weighted by molar-refractivity contribution is 1.07. The molecule has 5 heteroatoms. The van der Waals surface area contributed by atoms with Gasteiger partial charge < -0.3 is 0 Å². The Morgan fingerprint density at radius 1 is 0.353 bits per heavy atom. The predicted molar refractivity (Wildman–Crippen MR) is 213 cm³/mol. The largest absolute Gasteiger partial charge is 0.246 e. The molecule has 0 N–H and O–H groups in total. The topological polar surface area (TPSA) is 51.6 Å². The van der Waals surface area contributed by atoms with Crippen LogP contribution in [-0.2, 0) is 0 Å². The molecule has 0 saturated heterocycles. The molecule has 0 aliphatic carbocycles. The molecule has 0 radical (unpaired) electrons. The van der Waals surface area contributed by atoms with Gasteiger partial charge >= 0.3 is 0 Å². The van der Waals surface area contributed by atoms with Crippen LogP contribution in [0.15, 0.2) is 170 Å². The third kappa shape index (κ3) is 5.23. The van der Waals surface area contributed by atoms with Crippen molar-refractivity contribution < 1.29 is 0 Å². The van der Waals surface area contributed by atoms with E-state index in [0.717, 1.165) is 39.0 Å². The monoisotopic (exact) mass is 668 g/mol. The van der Waals surface area contributed by atoms with E-state index in [1.165, 1.54) is 41.9 Å². The van der Waals surface area contributed by atoms with E-state index in [9.17, 15) is 0 Å². The van der Waals surface area contributed by atoms with Gasteiger partial charge in [0.15, 0.2) is 17.5 Å². The Hall–Kier alpha value is -6.56. The standard InChI is InChI=1S/C46H28N4S/c1-3-12-29(13-4-1)30-22-24-32(25-23-30)45-48-44(31-14-5-2-6-15-31)49-46(50-45)36-19-11-18-35(26-36)42-43-41(37-20-9-10-21-40(37)51-43)38-27-33-16-7-8-17-34(33)28-39(38)47-42/h1-28H. The SMILES string of the molecule is c1ccc(-c2ccc(-c3nc(-c4ccccc4)nc(-c4cccc(-c5nc6cc7ccccc7cc6c6c5sc5ccccc56)c4)n3)cc2)cc1. The summed E-state index contributed by atoms with van der Waals surface area (Å²) in [7, 11) is 0. The van der Waals surface area contributed by atoms with Gasteiger partial charge in [-0.3, -0.25) is 0 Å². The highest BCUT2D eigenvalue weighted by Crippen LogP contribution is 2.44. The molecule has 0 saturated carbocycles. The van der Waals surface area contributed by atoms with Crippen molar-refractivity contribution in [2.24, 2.45) is 0 Å². The Bertz CT molecular complexity index is 2900. The lowest BCUT2D eigenvalue weighted by Crippen LogP contribution is -2.00. The molecule has 0 spiro atoms. The molecule has 10 aromatic rings. The second-order valence-electron chi connectivity index (χ2n) is 12.7. The number of nitrogens with zero attached hydrogens (tertiary/aromatic N) is 4. The Morgan fingerprint density at radius 2 is 0.882 bits per heavy atom. The molecule has 238 valence electrons. The summed E-state index contributed by atoms with van der Waals surface area (Å²) in [5, 5.41) is 6.07. The van der Waals surface area contributed by atoms with E-state index < -0.39 is 0 Å². The summed E-state index contributed by atoms with van der Waals surface area (Å²) in [5.74, 6) is 1.88. The first-order valence-electron chi connectivity index (χ1n) is 17.0. The lowest BCUT2D eigenvalue weighted by atomic mass is 9.99. The average Bonchev–Trinajstić information content (AvgIpc) is 3.60. The zero-order valence-corrected chi connectivity index (χ0v) is 28.2. The van der Waals surface area contributed by atoms with E-state index in [2.05, 4.69) is 133 Å². The second kappa shape index (κ2) is 12.1. The number of fused-ring (bicyclic) bond motifs is 6. The molecule has 51 heavy (non-hydrogen) atoms. The molecule has 0 amide bonds. The molecule has 0 unspecified atom stereocenters. The molecule has 10 rings (SSSR count). The Kier molecular flexibility index (Phi) is 6.96. The van der Waals surface area contributed by atoms with Crippen molar-refractivity contribution in [3.05, 3.63) is 170 Å². The highest BCUT2D eigenvalue weighted by Gasteiger charge is 2.18. The average molecular weight is 669 g/mol. The minimum Gasteiger partial charge on any atom is -0.246 e. The molecule has 0 atom stereocenters. The molecular weight excluding hydrogens is 641 g/mol. The molecule has 4 nitrogen and oxygen atoms in total. The normalized spacial score (nSPS) is 11.5. The van der Waals surface area contributed by atoms with Gasteiger partial charge in [0, 0.05) is 43.1 Å². The molecule has 0 aliphatic rings. The van der Waals surface area contributed by atoms with Gasteiger partial charge in [-0.2, -0.15) is 0 Å². The summed E-state index contributed by atoms with van der Waals surface area (Å²) < 4.78 is 2.43. The van der Waals surface area contributed by atoms with Crippen LogP contribution in [0, 0.1) is 0 Å². The van der Waals surface area contributed by atoms with Gasteiger partial charge in [0.2, 0.25) is 0 Å². The fourth-order valence-electron chi connectivity index (χ4n) is 6.97. The lowest BCUT2D eigenvalue weighted by Gasteiger charge is -2.11. The van der Waals surface area contributed by atoms with Crippen molar-refractivity contribution in [1.82, 2.24) is 19.9 Å². The second-order valence-corrected chi connectivity index (χ2v) is 13.7. The summed E-state index contributed by atoms with van der Waals surface area (Å²) in [4.78, 5) is 20.5. The zero-order chi connectivity index (χ0) is 33.7. The molecule has 3 heterocycles. The van der Waals surface area contributed by atoms with Crippen molar-refractivity contribution in [3.8, 4) is 56.5 Å². The van der Waals surface area contributed by atoms with Crippen LogP contribution in [-0.4, -0.2) is 19.9 Å². The van der Waals surface area contributed by atoms with E-state index in [0.29, 0.717) is 17.5 Å². The first-order valence-corrected chi connectivity index (χ1v) is 17.8. The van der Waals surface area contributed by atoms with Gasteiger partial charge in [0.25, 0.3) is 0 Å². The highest BCUT2D eigenvalue weighted by atomic mass is 32.1. The number of thiophene rings is 1. The number of rotatable bonds is 5. The minimum absolute atomic E-state index is 0.618. The first-order chi connectivity index (χ1) is 25.2. The van der Waals surface area contributed by atoms with Crippen LogP contribution in [0.1, 0.15) is 0 Å². The van der Waals surface area contributed by atoms with Crippen molar-refractivity contribution >= 4 is 53.2 Å². The number of hydrogen-bond acceptors (Lipinski definition) is 5. The van der Waals surface area contributed by atoms with Gasteiger partial charge in [0.1, 0.15) is 0 Å². The summed E-state index contributed by atoms with van der Waals surface area (Å²) in [5.41, 5.74) is 8.07. The maximum absolute atomic E-state index is 5.37. The smallest absolute Gasteiger partial charge is 0.164 e. The van der Waals surface area contributed by atoms with Gasteiger partial charge in [-0.15, -0.1) is 11.3 Å². The molecular formula is C46H28N4S. The van der Waals surface area contributed by atoms with E-state index in [-0.39, 0.29) is 0 Å². The Balaban J connectivity index is 1.15. The number of benzene rings is 7. The van der Waals surface area contributed by atoms with Crippen molar-refractivity contribution in [3.63, 3.8) is 0 Å².